The smallest absolute Gasteiger partial charge is 0.165 e. The van der Waals surface area contributed by atoms with E-state index in [1.807, 2.05) is 30.3 Å². The van der Waals surface area contributed by atoms with E-state index in [-0.39, 0.29) is 12.3 Å². The second kappa shape index (κ2) is 7.58. The number of aliphatic hydroxyl groups is 1. The van der Waals surface area contributed by atoms with Gasteiger partial charge in [0.05, 0.1) is 24.4 Å². The molecule has 0 aliphatic heterocycles. The van der Waals surface area contributed by atoms with Gasteiger partial charge in [0.2, 0.25) is 0 Å². The summed E-state index contributed by atoms with van der Waals surface area (Å²) in [5.74, 6) is -0.172. The molecule has 28 heavy (non-hydrogen) atoms. The van der Waals surface area contributed by atoms with Gasteiger partial charge >= 0.3 is 0 Å². The number of nitrogens with one attached hydrogen (secondary N) is 1. The molecule has 2 aromatic carbocycles. The Balaban J connectivity index is 1.83. The molecule has 5 nitrogen and oxygen atoms in total. The topological polar surface area (TPSA) is 84.2 Å². The van der Waals surface area contributed by atoms with E-state index in [2.05, 4.69) is 9.97 Å². The lowest BCUT2D eigenvalue weighted by atomic mass is 10.0. The molecule has 0 amide bonds. The Morgan fingerprint density at radius 2 is 2.07 bits per heavy atom. The largest absolute Gasteiger partial charge is 0.494 e. The quantitative estimate of drug-likeness (QED) is 0.480. The van der Waals surface area contributed by atoms with Crippen molar-refractivity contribution < 1.29 is 14.2 Å². The zero-order valence-electron chi connectivity index (χ0n) is 15.6. The Labute approximate surface area is 162 Å². The maximum Gasteiger partial charge on any atom is 0.165 e. The molecule has 1 unspecified atom stereocenters. The van der Waals surface area contributed by atoms with Crippen LogP contribution in [0.3, 0.4) is 0 Å². The molecule has 1 atom stereocenters. The molecule has 2 aromatic heterocycles. The van der Waals surface area contributed by atoms with Crippen molar-refractivity contribution in [3.63, 3.8) is 0 Å². The molecule has 0 bridgehead atoms. The average molecular weight is 379 g/mol. The highest BCUT2D eigenvalue weighted by atomic mass is 19.1. The first kappa shape index (κ1) is 18.4. The minimum atomic E-state index is -0.625. The lowest BCUT2D eigenvalue weighted by Gasteiger charge is -2.11. The number of aliphatic hydroxyl groups excluding tert-OH is 1. The summed E-state index contributed by atoms with van der Waals surface area (Å²) in [5, 5.41) is 12.1. The number of aromatic amines is 1. The van der Waals surface area contributed by atoms with E-state index in [0.717, 1.165) is 38.6 Å². The van der Waals surface area contributed by atoms with Crippen molar-refractivity contribution in [1.82, 2.24) is 9.97 Å². The third kappa shape index (κ3) is 3.32. The second-order valence-corrected chi connectivity index (χ2v) is 6.89. The van der Waals surface area contributed by atoms with Crippen LogP contribution < -0.4 is 10.5 Å². The van der Waals surface area contributed by atoms with Gasteiger partial charge in [-0.15, -0.1) is 0 Å². The van der Waals surface area contributed by atoms with Gasteiger partial charge in [-0.1, -0.05) is 24.3 Å². The molecule has 0 saturated heterocycles. The first-order chi connectivity index (χ1) is 13.6. The molecular weight excluding hydrogens is 357 g/mol. The molecule has 2 heterocycles. The lowest BCUT2D eigenvalue weighted by Crippen LogP contribution is -2.22. The molecule has 0 saturated carbocycles. The Hall–Kier alpha value is -2.96. The van der Waals surface area contributed by atoms with Crippen LogP contribution in [0, 0.1) is 5.82 Å². The number of ether oxygens (including phenoxy) is 1. The number of rotatable bonds is 6. The van der Waals surface area contributed by atoms with Crippen molar-refractivity contribution in [3.8, 4) is 5.75 Å². The van der Waals surface area contributed by atoms with Crippen LogP contribution in [0.25, 0.3) is 21.8 Å². The number of para-hydroxylation sites is 1. The third-order valence-corrected chi connectivity index (χ3v) is 5.01. The molecule has 4 aromatic rings. The van der Waals surface area contributed by atoms with Gasteiger partial charge in [-0.3, -0.25) is 4.98 Å². The van der Waals surface area contributed by atoms with Crippen LogP contribution in [0.2, 0.25) is 0 Å². The number of pyridine rings is 1. The predicted molar refractivity (Wildman–Crippen MR) is 108 cm³/mol. The summed E-state index contributed by atoms with van der Waals surface area (Å²) in [6.07, 6.45) is 2.07. The number of methoxy groups -OCH3 is 1. The van der Waals surface area contributed by atoms with Gasteiger partial charge in [-0.2, -0.15) is 0 Å². The monoisotopic (exact) mass is 379 g/mol. The number of nitrogens with zero attached hydrogens (tertiary/aromatic N) is 1. The van der Waals surface area contributed by atoms with Gasteiger partial charge in [0.25, 0.3) is 0 Å². The molecule has 0 aliphatic carbocycles. The predicted octanol–water partition coefficient (Wildman–Crippen LogP) is 3.32. The van der Waals surface area contributed by atoms with E-state index >= 15 is 0 Å². The van der Waals surface area contributed by atoms with E-state index in [9.17, 15) is 9.50 Å². The van der Waals surface area contributed by atoms with E-state index in [0.29, 0.717) is 12.8 Å². The summed E-state index contributed by atoms with van der Waals surface area (Å²) in [5.41, 5.74) is 10.1. The highest BCUT2D eigenvalue weighted by Crippen LogP contribution is 2.31. The second-order valence-electron chi connectivity index (χ2n) is 6.89. The number of hydrogen-bond donors (Lipinski definition) is 3. The molecule has 4 N–H and O–H groups in total. The fourth-order valence-electron chi connectivity index (χ4n) is 3.62. The van der Waals surface area contributed by atoms with Gasteiger partial charge in [-0.05, 0) is 29.3 Å². The summed E-state index contributed by atoms with van der Waals surface area (Å²) >= 11 is 0. The SMILES string of the molecule is COc1ccc(Cc2ncc(CC(O)CN)c3c2[nH]c2ccccc23)cc1F. The fraction of sp³-hybridized carbons (Fsp3) is 0.227. The number of benzene rings is 2. The van der Waals surface area contributed by atoms with E-state index in [1.165, 1.54) is 13.2 Å². The number of fused-ring (bicyclic) bond motifs is 3. The molecule has 0 radical (unpaired) electrons. The van der Waals surface area contributed by atoms with Gasteiger partial charge in [-0.25, -0.2) is 4.39 Å². The Morgan fingerprint density at radius 1 is 1.25 bits per heavy atom. The van der Waals surface area contributed by atoms with Crippen LogP contribution in [-0.4, -0.2) is 34.8 Å². The fourth-order valence-corrected chi connectivity index (χ4v) is 3.62. The normalized spacial score (nSPS) is 12.6. The zero-order chi connectivity index (χ0) is 19.7. The number of hydrogen-bond acceptors (Lipinski definition) is 4. The number of halogens is 1. The standard InChI is InChI=1S/C22H22FN3O2/c1-28-20-7-6-13(8-17(20)23)9-19-22-21(14(12-25-19)10-15(27)11-24)16-4-2-3-5-18(16)26-22/h2-8,12,15,26-27H,9-11,24H2,1H3. The Bertz CT molecular complexity index is 1140. The minimum absolute atomic E-state index is 0.191. The number of nitrogens with two attached hydrogens (primary N) is 1. The van der Waals surface area contributed by atoms with Crippen LogP contribution in [0.4, 0.5) is 4.39 Å². The Morgan fingerprint density at radius 3 is 2.82 bits per heavy atom. The van der Waals surface area contributed by atoms with Crippen molar-refractivity contribution in [2.75, 3.05) is 13.7 Å². The molecule has 0 fully saturated rings. The molecule has 6 heteroatoms. The van der Waals surface area contributed by atoms with Gasteiger partial charge in [0.1, 0.15) is 0 Å². The number of H-pyrrole nitrogens is 1. The molecule has 0 aliphatic rings. The van der Waals surface area contributed by atoms with Crippen LogP contribution in [0.15, 0.2) is 48.7 Å². The van der Waals surface area contributed by atoms with Crippen molar-refractivity contribution in [2.24, 2.45) is 5.73 Å². The van der Waals surface area contributed by atoms with Crippen molar-refractivity contribution in [1.29, 1.82) is 0 Å². The van der Waals surface area contributed by atoms with Crippen molar-refractivity contribution in [2.45, 2.75) is 18.9 Å². The summed E-state index contributed by atoms with van der Waals surface area (Å²) in [6.45, 7) is 0.191. The van der Waals surface area contributed by atoms with Gasteiger partial charge < -0.3 is 20.6 Å². The molecule has 0 spiro atoms. The summed E-state index contributed by atoms with van der Waals surface area (Å²) in [6, 6.07) is 12.9. The highest BCUT2D eigenvalue weighted by molar-refractivity contribution is 6.09. The summed E-state index contributed by atoms with van der Waals surface area (Å²) in [4.78, 5) is 8.06. The molecule has 4 rings (SSSR count). The van der Waals surface area contributed by atoms with E-state index in [4.69, 9.17) is 10.5 Å². The van der Waals surface area contributed by atoms with E-state index in [1.54, 1.807) is 12.3 Å². The van der Waals surface area contributed by atoms with Crippen LogP contribution in [-0.2, 0) is 12.8 Å². The lowest BCUT2D eigenvalue weighted by molar-refractivity contribution is 0.183. The van der Waals surface area contributed by atoms with E-state index < -0.39 is 11.9 Å². The first-order valence-electron chi connectivity index (χ1n) is 9.18. The van der Waals surface area contributed by atoms with Crippen LogP contribution >= 0.6 is 0 Å². The van der Waals surface area contributed by atoms with Crippen LogP contribution in [0.5, 0.6) is 5.75 Å². The summed E-state index contributed by atoms with van der Waals surface area (Å²) < 4.78 is 19.1. The molecular formula is C22H22FN3O2. The molecule has 144 valence electrons. The van der Waals surface area contributed by atoms with Crippen molar-refractivity contribution >= 4 is 21.8 Å². The minimum Gasteiger partial charge on any atom is -0.494 e. The van der Waals surface area contributed by atoms with Crippen LogP contribution in [0.1, 0.15) is 16.8 Å². The average Bonchev–Trinajstić information content (AvgIpc) is 3.10. The number of aromatic nitrogens is 2. The maximum atomic E-state index is 14.1. The Kier molecular flexibility index (Phi) is 4.98. The van der Waals surface area contributed by atoms with Gasteiger partial charge in [0, 0.05) is 41.9 Å². The maximum absolute atomic E-state index is 14.1. The highest BCUT2D eigenvalue weighted by Gasteiger charge is 2.16. The van der Waals surface area contributed by atoms with Crippen molar-refractivity contribution in [3.05, 3.63) is 71.3 Å². The first-order valence-corrected chi connectivity index (χ1v) is 9.18. The van der Waals surface area contributed by atoms with Gasteiger partial charge in [0.15, 0.2) is 11.6 Å². The third-order valence-electron chi connectivity index (χ3n) is 5.01. The zero-order valence-corrected chi connectivity index (χ0v) is 15.6. The summed E-state index contributed by atoms with van der Waals surface area (Å²) in [7, 11) is 1.45.